The number of nitrogens with one attached hydrogen (secondary N) is 1. The molecule has 10 heteroatoms. The molecule has 0 saturated heterocycles. The van der Waals surface area contributed by atoms with Gasteiger partial charge in [-0.05, 0) is 35.4 Å². The number of hydrogen-bond donors (Lipinski definition) is 1. The van der Waals surface area contributed by atoms with Crippen molar-refractivity contribution in [3.63, 3.8) is 0 Å². The molecule has 29 heavy (non-hydrogen) atoms. The minimum atomic E-state index is -4.61. The lowest BCUT2D eigenvalue weighted by Crippen LogP contribution is -2.29. The SMILES string of the molecule is CC(c1c[nH]nn1)C(F)(c1ccc(C(F)(F)F)cc1)c1ccc(C(F)(F)F)cc1. The highest BCUT2D eigenvalue weighted by Gasteiger charge is 2.43. The van der Waals surface area contributed by atoms with Crippen LogP contribution >= 0.6 is 0 Å². The fraction of sp³-hybridized carbons (Fsp3) is 0.263. The number of halogens is 7. The molecule has 0 aliphatic carbocycles. The Morgan fingerprint density at radius 2 is 1.07 bits per heavy atom. The van der Waals surface area contributed by atoms with Gasteiger partial charge in [0.05, 0.1) is 16.8 Å². The van der Waals surface area contributed by atoms with Crippen LogP contribution in [0.25, 0.3) is 0 Å². The minimum absolute atomic E-state index is 0.152. The number of alkyl halides is 7. The summed E-state index contributed by atoms with van der Waals surface area (Å²) in [7, 11) is 0. The molecule has 0 fully saturated rings. The Balaban J connectivity index is 2.12. The van der Waals surface area contributed by atoms with Crippen LogP contribution in [0.3, 0.4) is 0 Å². The lowest BCUT2D eigenvalue weighted by Gasteiger charge is -2.32. The molecule has 0 aliphatic rings. The molecule has 0 radical (unpaired) electrons. The first-order chi connectivity index (χ1) is 13.4. The summed E-state index contributed by atoms with van der Waals surface area (Å²) >= 11 is 0. The number of benzene rings is 2. The van der Waals surface area contributed by atoms with Gasteiger partial charge in [-0.1, -0.05) is 36.4 Å². The summed E-state index contributed by atoms with van der Waals surface area (Å²) in [5.74, 6) is -1.06. The number of nitrogens with zero attached hydrogens (tertiary/aromatic N) is 2. The molecular weight excluding hydrogens is 403 g/mol. The molecule has 0 saturated carbocycles. The van der Waals surface area contributed by atoms with Crippen LogP contribution in [-0.4, -0.2) is 15.4 Å². The second-order valence-corrected chi connectivity index (χ2v) is 6.48. The molecule has 0 aliphatic heterocycles. The van der Waals surface area contributed by atoms with E-state index in [1.807, 2.05) is 0 Å². The van der Waals surface area contributed by atoms with Gasteiger partial charge in [-0.3, -0.25) is 5.10 Å². The molecule has 0 bridgehead atoms. The van der Waals surface area contributed by atoms with E-state index >= 15 is 4.39 Å². The molecular formula is C19H14F7N3. The second kappa shape index (κ2) is 7.16. The first-order valence-corrected chi connectivity index (χ1v) is 8.34. The molecule has 3 nitrogen and oxygen atoms in total. The lowest BCUT2D eigenvalue weighted by atomic mass is 9.77. The highest BCUT2D eigenvalue weighted by molar-refractivity contribution is 5.42. The van der Waals surface area contributed by atoms with Crippen LogP contribution in [-0.2, 0) is 18.0 Å². The first-order valence-electron chi connectivity index (χ1n) is 8.34. The van der Waals surface area contributed by atoms with Crippen molar-refractivity contribution in [2.75, 3.05) is 0 Å². The van der Waals surface area contributed by atoms with Gasteiger partial charge < -0.3 is 0 Å². The monoisotopic (exact) mass is 417 g/mol. The zero-order chi connectivity index (χ0) is 21.4. The summed E-state index contributed by atoms with van der Waals surface area (Å²) < 4.78 is 93.6. The van der Waals surface area contributed by atoms with Gasteiger partial charge >= 0.3 is 12.4 Å². The summed E-state index contributed by atoms with van der Waals surface area (Å²) in [6.45, 7) is 1.42. The quantitative estimate of drug-likeness (QED) is 0.541. The highest BCUT2D eigenvalue weighted by atomic mass is 19.4. The predicted octanol–water partition coefficient (Wildman–Crippen LogP) is 5.86. The van der Waals surface area contributed by atoms with E-state index in [0.717, 1.165) is 48.5 Å². The highest BCUT2D eigenvalue weighted by Crippen LogP contribution is 2.46. The van der Waals surface area contributed by atoms with Crippen LogP contribution < -0.4 is 0 Å². The van der Waals surface area contributed by atoms with Crippen molar-refractivity contribution >= 4 is 0 Å². The van der Waals surface area contributed by atoms with Crippen molar-refractivity contribution in [2.24, 2.45) is 0 Å². The van der Waals surface area contributed by atoms with Crippen LogP contribution in [0.15, 0.2) is 54.7 Å². The maximum Gasteiger partial charge on any atom is 0.416 e. The Morgan fingerprint density at radius 3 is 1.38 bits per heavy atom. The van der Waals surface area contributed by atoms with Crippen LogP contribution in [0.1, 0.15) is 40.8 Å². The Labute approximate surface area is 160 Å². The fourth-order valence-electron chi connectivity index (χ4n) is 3.10. The van der Waals surface area contributed by atoms with E-state index in [4.69, 9.17) is 0 Å². The van der Waals surface area contributed by atoms with Crippen molar-refractivity contribution < 1.29 is 30.7 Å². The normalized spacial score (nSPS) is 14.1. The molecule has 154 valence electrons. The van der Waals surface area contributed by atoms with Gasteiger partial charge in [0.25, 0.3) is 0 Å². The average Bonchev–Trinajstić information content (AvgIpc) is 3.20. The van der Waals surface area contributed by atoms with E-state index in [1.165, 1.54) is 13.1 Å². The summed E-state index contributed by atoms with van der Waals surface area (Å²) in [5, 5.41) is 9.66. The van der Waals surface area contributed by atoms with Gasteiger partial charge in [-0.2, -0.15) is 26.3 Å². The van der Waals surface area contributed by atoms with E-state index in [1.54, 1.807) is 0 Å². The predicted molar refractivity (Wildman–Crippen MR) is 89.6 cm³/mol. The van der Waals surface area contributed by atoms with Gasteiger partial charge in [0.2, 0.25) is 0 Å². The van der Waals surface area contributed by atoms with E-state index < -0.39 is 35.1 Å². The van der Waals surface area contributed by atoms with Crippen LogP contribution in [0.5, 0.6) is 0 Å². The minimum Gasteiger partial charge on any atom is -0.265 e. The molecule has 0 amide bonds. The maximum atomic E-state index is 16.4. The number of hydrogen-bond acceptors (Lipinski definition) is 2. The lowest BCUT2D eigenvalue weighted by molar-refractivity contribution is -0.138. The standard InChI is InChI=1S/C19H14F7N3/c1-11(16-10-27-29-28-16)17(20,12-2-6-14(7-3-12)18(21,22)23)13-4-8-15(9-5-13)19(24,25)26/h2-11H,1H3,(H,27,28,29). The van der Waals surface area contributed by atoms with Crippen molar-refractivity contribution in [3.05, 3.63) is 82.7 Å². The third kappa shape index (κ3) is 3.96. The summed E-state index contributed by atoms with van der Waals surface area (Å²) in [4.78, 5) is 0. The van der Waals surface area contributed by atoms with Gasteiger partial charge in [-0.15, -0.1) is 5.10 Å². The van der Waals surface area contributed by atoms with Crippen molar-refractivity contribution in [1.29, 1.82) is 0 Å². The summed E-state index contributed by atoms with van der Waals surface area (Å²) in [6.07, 6.45) is -7.90. The average molecular weight is 417 g/mol. The largest absolute Gasteiger partial charge is 0.416 e. The Morgan fingerprint density at radius 1 is 0.690 bits per heavy atom. The molecule has 2 aromatic carbocycles. The van der Waals surface area contributed by atoms with Gasteiger partial charge in [0.15, 0.2) is 5.67 Å². The van der Waals surface area contributed by atoms with Gasteiger partial charge in [0.1, 0.15) is 0 Å². The molecule has 1 atom stereocenters. The van der Waals surface area contributed by atoms with Crippen LogP contribution in [0.4, 0.5) is 30.7 Å². The van der Waals surface area contributed by atoms with E-state index in [2.05, 4.69) is 15.4 Å². The third-order valence-corrected chi connectivity index (χ3v) is 4.74. The van der Waals surface area contributed by atoms with Gasteiger partial charge in [0, 0.05) is 12.1 Å². The fourth-order valence-corrected chi connectivity index (χ4v) is 3.10. The topological polar surface area (TPSA) is 41.6 Å². The Bertz CT molecular complexity index is 886. The Kier molecular flexibility index (Phi) is 5.14. The van der Waals surface area contributed by atoms with E-state index in [-0.39, 0.29) is 16.8 Å². The zero-order valence-electron chi connectivity index (χ0n) is 14.8. The Hall–Kier alpha value is -2.91. The van der Waals surface area contributed by atoms with E-state index in [0.29, 0.717) is 0 Å². The molecule has 1 N–H and O–H groups in total. The first kappa shape index (κ1) is 20.8. The van der Waals surface area contributed by atoms with Crippen molar-refractivity contribution in [1.82, 2.24) is 15.4 Å². The number of aromatic nitrogens is 3. The molecule has 3 aromatic rings. The molecule has 1 unspecified atom stereocenters. The second-order valence-electron chi connectivity index (χ2n) is 6.48. The molecule has 0 spiro atoms. The van der Waals surface area contributed by atoms with Crippen LogP contribution in [0, 0.1) is 0 Å². The third-order valence-electron chi connectivity index (χ3n) is 4.74. The van der Waals surface area contributed by atoms with Crippen LogP contribution in [0.2, 0.25) is 0 Å². The van der Waals surface area contributed by atoms with Crippen molar-refractivity contribution in [3.8, 4) is 0 Å². The smallest absolute Gasteiger partial charge is 0.265 e. The zero-order valence-corrected chi connectivity index (χ0v) is 14.8. The maximum absolute atomic E-state index is 16.4. The molecule has 1 aromatic heterocycles. The summed E-state index contributed by atoms with van der Waals surface area (Å²) in [5.41, 5.74) is -4.53. The molecule has 3 rings (SSSR count). The number of rotatable bonds is 4. The molecule has 1 heterocycles. The number of aromatic amines is 1. The van der Waals surface area contributed by atoms with Gasteiger partial charge in [-0.25, -0.2) is 4.39 Å². The van der Waals surface area contributed by atoms with E-state index in [9.17, 15) is 26.3 Å². The number of H-pyrrole nitrogens is 1. The summed E-state index contributed by atoms with van der Waals surface area (Å²) in [6, 6.07) is 6.78. The van der Waals surface area contributed by atoms with Crippen molar-refractivity contribution in [2.45, 2.75) is 30.9 Å².